The quantitative estimate of drug-likeness (QED) is 0.314. The Morgan fingerprint density at radius 3 is 2.32 bits per heavy atom. The van der Waals surface area contributed by atoms with Crippen molar-refractivity contribution in [2.45, 2.75) is 39.2 Å². The van der Waals surface area contributed by atoms with E-state index in [1.165, 1.54) is 37.3 Å². The molecule has 196 valence electrons. The minimum absolute atomic E-state index is 0.103. The molecule has 0 saturated heterocycles. The minimum Gasteiger partial charge on any atom is -0.350 e. The van der Waals surface area contributed by atoms with Crippen LogP contribution in [0.1, 0.15) is 46.8 Å². The lowest BCUT2D eigenvalue weighted by molar-refractivity contribution is 0.0951. The number of carbonyl (C=O) groups is 1. The smallest absolute Gasteiger partial charge is 0.253 e. The average molecular weight is 536 g/mol. The first-order chi connectivity index (χ1) is 17.5. The predicted molar refractivity (Wildman–Crippen MR) is 134 cm³/mol. The van der Waals surface area contributed by atoms with Crippen molar-refractivity contribution in [1.82, 2.24) is 5.32 Å². The molecular formula is C26H25F4N3O3S. The maximum atomic E-state index is 15.4. The van der Waals surface area contributed by atoms with Crippen LogP contribution in [-0.2, 0) is 16.4 Å². The molecule has 0 unspecified atom stereocenters. The van der Waals surface area contributed by atoms with E-state index in [1.54, 1.807) is 13.0 Å². The number of hydrogen-bond acceptors (Lipinski definition) is 4. The summed E-state index contributed by atoms with van der Waals surface area (Å²) < 4.78 is 85.9. The zero-order valence-electron chi connectivity index (χ0n) is 20.1. The normalized spacial score (nSPS) is 13.4. The van der Waals surface area contributed by atoms with E-state index >= 15 is 13.2 Å². The van der Waals surface area contributed by atoms with Crippen molar-refractivity contribution in [2.24, 2.45) is 0 Å². The van der Waals surface area contributed by atoms with Gasteiger partial charge in [0.05, 0.1) is 28.4 Å². The van der Waals surface area contributed by atoms with Gasteiger partial charge in [0.15, 0.2) is 17.5 Å². The maximum Gasteiger partial charge on any atom is 0.253 e. The topological polar surface area (TPSA) is 87.3 Å². The van der Waals surface area contributed by atoms with Gasteiger partial charge in [-0.25, -0.2) is 26.0 Å². The summed E-state index contributed by atoms with van der Waals surface area (Å²) in [6.45, 7) is 3.05. The van der Waals surface area contributed by atoms with E-state index in [1.807, 2.05) is 0 Å². The summed E-state index contributed by atoms with van der Waals surface area (Å²) in [7, 11) is -3.78. The van der Waals surface area contributed by atoms with Gasteiger partial charge in [-0.05, 0) is 67.6 Å². The van der Waals surface area contributed by atoms with Crippen LogP contribution < -0.4 is 15.4 Å². The first-order valence-corrected chi connectivity index (χ1v) is 13.3. The summed E-state index contributed by atoms with van der Waals surface area (Å²) in [6, 6.07) is 8.99. The third kappa shape index (κ3) is 6.04. The number of amides is 1. The van der Waals surface area contributed by atoms with Crippen LogP contribution in [0.15, 0.2) is 42.5 Å². The molecule has 6 nitrogen and oxygen atoms in total. The molecule has 4 rings (SSSR count). The Kier molecular flexibility index (Phi) is 7.44. The number of benzene rings is 3. The number of halogens is 4. The third-order valence-corrected chi connectivity index (χ3v) is 7.22. The van der Waals surface area contributed by atoms with Gasteiger partial charge in [0, 0.05) is 12.5 Å². The van der Waals surface area contributed by atoms with Gasteiger partial charge in [-0.3, -0.25) is 9.52 Å². The van der Waals surface area contributed by atoms with E-state index in [2.05, 4.69) is 15.4 Å². The van der Waals surface area contributed by atoms with E-state index in [0.717, 1.165) is 18.9 Å². The fraction of sp³-hybridized carbons (Fsp3) is 0.269. The molecule has 1 fully saturated rings. The van der Waals surface area contributed by atoms with E-state index in [9.17, 15) is 17.6 Å². The predicted octanol–water partition coefficient (Wildman–Crippen LogP) is 5.54. The monoisotopic (exact) mass is 535 g/mol. The van der Waals surface area contributed by atoms with Crippen LogP contribution in [0.25, 0.3) is 0 Å². The highest BCUT2D eigenvalue weighted by molar-refractivity contribution is 7.92. The number of aryl methyl sites for hydroxylation is 1. The molecule has 0 bridgehead atoms. The minimum atomic E-state index is -3.78. The first-order valence-electron chi connectivity index (χ1n) is 11.6. The van der Waals surface area contributed by atoms with Gasteiger partial charge in [-0.1, -0.05) is 18.2 Å². The molecule has 0 radical (unpaired) electrons. The van der Waals surface area contributed by atoms with Crippen LogP contribution in [0.4, 0.5) is 34.6 Å². The van der Waals surface area contributed by atoms with Crippen LogP contribution in [0.5, 0.6) is 0 Å². The van der Waals surface area contributed by atoms with Gasteiger partial charge in [0.1, 0.15) is 5.82 Å². The van der Waals surface area contributed by atoms with Crippen LogP contribution in [-0.4, -0.2) is 26.1 Å². The standard InChI is InChI=1S/C26H25F4N3O3S/c1-3-37(35,36)33-21-6-4-5-15(22(21)28)12-16-13-18(26(34)31-17-8-9-17)25(24(30)23(16)29)32-20-10-7-14(2)11-19(20)27/h4-7,10-11,13,17,32-33H,3,8-9,12H2,1-2H3,(H,31,34). The molecule has 37 heavy (non-hydrogen) atoms. The molecule has 0 heterocycles. The molecule has 3 N–H and O–H groups in total. The molecule has 1 saturated carbocycles. The zero-order valence-corrected chi connectivity index (χ0v) is 20.9. The molecule has 0 spiro atoms. The fourth-order valence-corrected chi connectivity index (χ4v) is 4.33. The summed E-state index contributed by atoms with van der Waals surface area (Å²) in [5, 5.41) is 5.19. The van der Waals surface area contributed by atoms with Crippen molar-refractivity contribution >= 4 is 33.0 Å². The second kappa shape index (κ2) is 10.4. The highest BCUT2D eigenvalue weighted by Crippen LogP contribution is 2.33. The number of carbonyl (C=O) groups excluding carboxylic acids is 1. The van der Waals surface area contributed by atoms with E-state index in [-0.39, 0.29) is 39.9 Å². The Morgan fingerprint density at radius 1 is 0.946 bits per heavy atom. The van der Waals surface area contributed by atoms with Crippen molar-refractivity contribution < 1.29 is 30.8 Å². The highest BCUT2D eigenvalue weighted by Gasteiger charge is 2.29. The molecule has 0 aromatic heterocycles. The largest absolute Gasteiger partial charge is 0.350 e. The second-order valence-electron chi connectivity index (χ2n) is 8.90. The highest BCUT2D eigenvalue weighted by atomic mass is 32.2. The summed E-state index contributed by atoms with van der Waals surface area (Å²) in [6.07, 6.45) is 1.01. The van der Waals surface area contributed by atoms with Crippen molar-refractivity contribution in [2.75, 3.05) is 15.8 Å². The molecule has 0 aliphatic heterocycles. The molecule has 3 aromatic carbocycles. The van der Waals surface area contributed by atoms with Crippen LogP contribution >= 0.6 is 0 Å². The van der Waals surface area contributed by atoms with E-state index in [4.69, 9.17) is 0 Å². The fourth-order valence-electron chi connectivity index (χ4n) is 3.70. The van der Waals surface area contributed by atoms with Crippen molar-refractivity contribution in [3.63, 3.8) is 0 Å². The van der Waals surface area contributed by atoms with Gasteiger partial charge in [0.2, 0.25) is 10.0 Å². The number of anilines is 3. The summed E-state index contributed by atoms with van der Waals surface area (Å²) >= 11 is 0. The van der Waals surface area contributed by atoms with E-state index in [0.29, 0.717) is 5.56 Å². The van der Waals surface area contributed by atoms with Gasteiger partial charge < -0.3 is 10.6 Å². The Hall–Kier alpha value is -3.60. The summed E-state index contributed by atoms with van der Waals surface area (Å²) in [5.74, 6) is -5.43. The Morgan fingerprint density at radius 2 is 1.68 bits per heavy atom. The first kappa shape index (κ1) is 26.5. The number of sulfonamides is 1. The van der Waals surface area contributed by atoms with Crippen molar-refractivity contribution in [1.29, 1.82) is 0 Å². The Bertz CT molecular complexity index is 1470. The van der Waals surface area contributed by atoms with Gasteiger partial charge >= 0.3 is 0 Å². The number of rotatable bonds is 9. The van der Waals surface area contributed by atoms with Crippen molar-refractivity contribution in [3.8, 4) is 0 Å². The van der Waals surface area contributed by atoms with Crippen LogP contribution in [0.2, 0.25) is 0 Å². The van der Waals surface area contributed by atoms with E-state index < -0.39 is 51.3 Å². The number of nitrogens with one attached hydrogen (secondary N) is 3. The molecule has 3 aromatic rings. The lowest BCUT2D eigenvalue weighted by Gasteiger charge is -2.17. The van der Waals surface area contributed by atoms with Gasteiger partial charge in [-0.15, -0.1) is 0 Å². The Balaban J connectivity index is 1.75. The third-order valence-electron chi connectivity index (χ3n) is 5.93. The van der Waals surface area contributed by atoms with Gasteiger partial charge in [-0.2, -0.15) is 0 Å². The SMILES string of the molecule is CCS(=O)(=O)Nc1cccc(Cc2cc(C(=O)NC3CC3)c(Nc3ccc(C)cc3F)c(F)c2F)c1F. The zero-order chi connectivity index (χ0) is 26.9. The van der Waals surface area contributed by atoms with Crippen LogP contribution in [0.3, 0.4) is 0 Å². The molecule has 1 aliphatic carbocycles. The van der Waals surface area contributed by atoms with Crippen LogP contribution in [0, 0.1) is 30.2 Å². The molecule has 11 heteroatoms. The summed E-state index contributed by atoms with van der Waals surface area (Å²) in [4.78, 5) is 12.9. The molecule has 1 amide bonds. The molecule has 0 atom stereocenters. The molecular weight excluding hydrogens is 510 g/mol. The Labute approximate surface area is 212 Å². The number of hydrogen-bond donors (Lipinski definition) is 3. The second-order valence-corrected chi connectivity index (χ2v) is 10.9. The average Bonchev–Trinajstić information content (AvgIpc) is 3.66. The lowest BCUT2D eigenvalue weighted by atomic mass is 9.99. The lowest BCUT2D eigenvalue weighted by Crippen LogP contribution is -2.27. The maximum absolute atomic E-state index is 15.4. The summed E-state index contributed by atoms with van der Waals surface area (Å²) in [5.41, 5.74) is -1.14. The molecule has 1 aliphatic rings. The van der Waals surface area contributed by atoms with Crippen molar-refractivity contribution in [3.05, 3.63) is 88.0 Å². The van der Waals surface area contributed by atoms with Gasteiger partial charge in [0.25, 0.3) is 5.91 Å².